The first-order valence-corrected chi connectivity index (χ1v) is 9.61. The Hall–Kier alpha value is -2.72. The summed E-state index contributed by atoms with van der Waals surface area (Å²) in [6, 6.07) is 4.85. The molecule has 30 heavy (non-hydrogen) atoms. The summed E-state index contributed by atoms with van der Waals surface area (Å²) < 4.78 is 23.3. The van der Waals surface area contributed by atoms with Crippen molar-refractivity contribution in [2.24, 2.45) is 0 Å². The second kappa shape index (κ2) is 19.6. The molecule has 0 aliphatic heterocycles. The molecule has 1 aromatic carbocycles. The summed E-state index contributed by atoms with van der Waals surface area (Å²) in [5.74, 6) is -0.402. The quantitative estimate of drug-likeness (QED) is 0.246. The van der Waals surface area contributed by atoms with E-state index >= 15 is 0 Å². The van der Waals surface area contributed by atoms with E-state index in [0.29, 0.717) is 50.5 Å². The van der Waals surface area contributed by atoms with Crippen molar-refractivity contribution in [2.45, 2.75) is 20.0 Å². The summed E-state index contributed by atoms with van der Waals surface area (Å²) in [6.07, 6.45) is 0.786. The lowest BCUT2D eigenvalue weighted by Crippen LogP contribution is -2.37. The monoisotopic (exact) mass is 429 g/mol. The largest absolute Gasteiger partial charge is 0.471 e. The fraction of sp³-hybridized carbons (Fsp3) is 0.550. The SMILES string of the molecule is CC.CNCCN(C=N)c1ccc(N(C)CC(CNC)OC=O)cc1F.COC=O. The molecule has 0 aromatic heterocycles. The van der Waals surface area contributed by atoms with Crippen molar-refractivity contribution in [2.75, 3.05) is 64.2 Å². The molecule has 0 heterocycles. The van der Waals surface area contributed by atoms with E-state index in [9.17, 15) is 9.18 Å². The molecule has 0 aliphatic rings. The van der Waals surface area contributed by atoms with E-state index in [1.807, 2.05) is 18.7 Å². The van der Waals surface area contributed by atoms with Gasteiger partial charge in [0.1, 0.15) is 11.9 Å². The highest BCUT2D eigenvalue weighted by atomic mass is 19.1. The van der Waals surface area contributed by atoms with Crippen molar-refractivity contribution in [3.8, 4) is 0 Å². The molecular formula is C20H36FN5O4. The fourth-order valence-corrected chi connectivity index (χ4v) is 2.33. The van der Waals surface area contributed by atoms with Gasteiger partial charge in [-0.25, -0.2) is 4.39 Å². The van der Waals surface area contributed by atoms with Crippen LogP contribution in [-0.2, 0) is 19.1 Å². The third-order valence-electron chi connectivity index (χ3n) is 3.69. The van der Waals surface area contributed by atoms with Crippen LogP contribution < -0.4 is 20.4 Å². The van der Waals surface area contributed by atoms with Crippen LogP contribution in [0.15, 0.2) is 18.2 Å². The van der Waals surface area contributed by atoms with Crippen molar-refractivity contribution in [1.29, 1.82) is 5.41 Å². The van der Waals surface area contributed by atoms with Crippen LogP contribution in [0.4, 0.5) is 15.8 Å². The highest BCUT2D eigenvalue weighted by molar-refractivity contribution is 5.78. The molecule has 1 rings (SSSR count). The van der Waals surface area contributed by atoms with Gasteiger partial charge < -0.3 is 29.9 Å². The van der Waals surface area contributed by atoms with Crippen LogP contribution in [0.25, 0.3) is 0 Å². The van der Waals surface area contributed by atoms with Gasteiger partial charge in [-0.1, -0.05) is 13.8 Å². The summed E-state index contributed by atoms with van der Waals surface area (Å²) in [4.78, 5) is 22.8. The zero-order valence-corrected chi connectivity index (χ0v) is 18.8. The van der Waals surface area contributed by atoms with Crippen molar-refractivity contribution >= 4 is 30.7 Å². The normalized spacial score (nSPS) is 10.2. The zero-order valence-electron chi connectivity index (χ0n) is 18.8. The summed E-state index contributed by atoms with van der Waals surface area (Å²) in [5, 5.41) is 13.4. The molecule has 172 valence electrons. The minimum atomic E-state index is -0.402. The third-order valence-corrected chi connectivity index (χ3v) is 3.69. The first-order valence-electron chi connectivity index (χ1n) is 9.61. The van der Waals surface area contributed by atoms with Gasteiger partial charge in [0.25, 0.3) is 12.9 Å². The van der Waals surface area contributed by atoms with Crippen LogP contribution in [0.1, 0.15) is 13.8 Å². The van der Waals surface area contributed by atoms with Crippen molar-refractivity contribution in [3.63, 3.8) is 0 Å². The molecular weight excluding hydrogens is 393 g/mol. The Morgan fingerprint density at radius 2 is 1.83 bits per heavy atom. The van der Waals surface area contributed by atoms with E-state index < -0.39 is 5.82 Å². The second-order valence-electron chi connectivity index (χ2n) is 5.69. The molecule has 0 saturated carbocycles. The number of hydrogen-bond donors (Lipinski definition) is 3. The maximum Gasteiger partial charge on any atom is 0.293 e. The average Bonchev–Trinajstić information content (AvgIpc) is 2.77. The highest BCUT2D eigenvalue weighted by Crippen LogP contribution is 2.24. The molecule has 3 N–H and O–H groups in total. The zero-order chi connectivity index (χ0) is 23.4. The molecule has 0 spiro atoms. The fourth-order valence-electron chi connectivity index (χ4n) is 2.33. The molecule has 0 fully saturated rings. The van der Waals surface area contributed by atoms with Gasteiger partial charge in [-0.3, -0.25) is 15.0 Å². The minimum absolute atomic E-state index is 0.325. The van der Waals surface area contributed by atoms with Crippen LogP contribution in [0, 0.1) is 11.2 Å². The molecule has 0 amide bonds. The molecule has 9 nitrogen and oxygen atoms in total. The minimum Gasteiger partial charge on any atom is -0.471 e. The van der Waals surface area contributed by atoms with Crippen LogP contribution in [0.5, 0.6) is 0 Å². The molecule has 0 aliphatic carbocycles. The van der Waals surface area contributed by atoms with Gasteiger partial charge in [-0.05, 0) is 32.3 Å². The predicted molar refractivity (Wildman–Crippen MR) is 119 cm³/mol. The topological polar surface area (TPSA) is 107 Å². The number of likely N-dealkylation sites (N-methyl/N-ethyl adjacent to an activating group) is 3. The number of benzene rings is 1. The van der Waals surface area contributed by atoms with Crippen molar-refractivity contribution in [3.05, 3.63) is 24.0 Å². The average molecular weight is 430 g/mol. The Balaban J connectivity index is 0. The Kier molecular flexibility index (Phi) is 19.3. The van der Waals surface area contributed by atoms with Crippen LogP contribution in [0.2, 0.25) is 0 Å². The third kappa shape index (κ3) is 12.0. The van der Waals surface area contributed by atoms with E-state index in [4.69, 9.17) is 14.9 Å². The summed E-state index contributed by atoms with van der Waals surface area (Å²) >= 11 is 0. The van der Waals surface area contributed by atoms with Gasteiger partial charge in [0.15, 0.2) is 0 Å². The summed E-state index contributed by atoms with van der Waals surface area (Å²) in [6.45, 7) is 6.89. The van der Waals surface area contributed by atoms with Gasteiger partial charge in [0, 0.05) is 32.4 Å². The van der Waals surface area contributed by atoms with Crippen LogP contribution in [0.3, 0.4) is 0 Å². The molecule has 0 radical (unpaired) electrons. The van der Waals surface area contributed by atoms with Gasteiger partial charge in [0.2, 0.25) is 0 Å². The predicted octanol–water partition coefficient (Wildman–Crippen LogP) is 1.47. The van der Waals surface area contributed by atoms with Gasteiger partial charge in [0.05, 0.1) is 25.7 Å². The number of rotatable bonds is 13. The molecule has 1 unspecified atom stereocenters. The smallest absolute Gasteiger partial charge is 0.293 e. The Morgan fingerprint density at radius 1 is 1.20 bits per heavy atom. The number of ether oxygens (including phenoxy) is 2. The Bertz CT molecular complexity index is 592. The van der Waals surface area contributed by atoms with Gasteiger partial charge >= 0.3 is 0 Å². The Morgan fingerprint density at radius 3 is 2.27 bits per heavy atom. The molecule has 10 heteroatoms. The molecule has 1 atom stereocenters. The number of methoxy groups -OCH3 is 1. The lowest BCUT2D eigenvalue weighted by molar-refractivity contribution is -0.133. The van der Waals surface area contributed by atoms with E-state index in [0.717, 1.165) is 6.34 Å². The second-order valence-corrected chi connectivity index (χ2v) is 5.69. The number of carbonyl (C=O) groups is 2. The standard InChI is InChI=1S/C16H26FN5O2.C2H4O2.C2H6/c1-19-6-7-22(11-18)16-5-4-13(8-15(16)17)21(3)10-14(9-20-2)24-12-23;1-4-2-3;1-2/h4-5,8,11-12,14,18-20H,6-7,9-10H2,1-3H3;2H,1H3;1-2H3. The van der Waals surface area contributed by atoms with E-state index in [1.165, 1.54) is 18.1 Å². The number of nitrogens with zero attached hydrogens (tertiary/aromatic N) is 2. The summed E-state index contributed by atoms with van der Waals surface area (Å²) in [7, 11) is 6.69. The van der Waals surface area contributed by atoms with E-state index in [1.54, 1.807) is 33.3 Å². The maximum atomic E-state index is 14.4. The number of carbonyl (C=O) groups excluding carboxylic acids is 2. The van der Waals surface area contributed by atoms with E-state index in [2.05, 4.69) is 15.4 Å². The van der Waals surface area contributed by atoms with Crippen molar-refractivity contribution < 1.29 is 23.5 Å². The lowest BCUT2D eigenvalue weighted by atomic mass is 10.2. The van der Waals surface area contributed by atoms with Crippen molar-refractivity contribution in [1.82, 2.24) is 10.6 Å². The molecule has 0 saturated heterocycles. The maximum absolute atomic E-state index is 14.4. The van der Waals surface area contributed by atoms with Crippen LogP contribution >= 0.6 is 0 Å². The Labute approximate surface area is 179 Å². The number of nitrogens with one attached hydrogen (secondary N) is 3. The lowest BCUT2D eigenvalue weighted by Gasteiger charge is -2.26. The van der Waals surface area contributed by atoms with Crippen LogP contribution in [-0.4, -0.2) is 79.8 Å². The van der Waals surface area contributed by atoms with Gasteiger partial charge in [-0.15, -0.1) is 0 Å². The number of halogens is 1. The van der Waals surface area contributed by atoms with E-state index in [-0.39, 0.29) is 6.10 Å². The van der Waals surface area contributed by atoms with Gasteiger partial charge in [-0.2, -0.15) is 0 Å². The summed E-state index contributed by atoms with van der Waals surface area (Å²) in [5.41, 5.74) is 1.03. The first kappa shape index (κ1) is 29.5. The molecule has 1 aromatic rings. The molecule has 0 bridgehead atoms. The number of anilines is 2. The first-order chi connectivity index (χ1) is 14.5. The highest BCUT2D eigenvalue weighted by Gasteiger charge is 2.15. The number of hydrogen-bond acceptors (Lipinski definition) is 8.